The molecule has 0 saturated carbocycles. The van der Waals surface area contributed by atoms with Gasteiger partial charge in [0.25, 0.3) is 0 Å². The Labute approximate surface area is 134 Å². The van der Waals surface area contributed by atoms with Crippen molar-refractivity contribution in [2.24, 2.45) is 0 Å². The molecule has 0 bridgehead atoms. The van der Waals surface area contributed by atoms with E-state index in [4.69, 9.17) is 14.2 Å². The van der Waals surface area contributed by atoms with Crippen LogP contribution < -0.4 is 14.2 Å². The van der Waals surface area contributed by atoms with Crippen molar-refractivity contribution in [1.82, 2.24) is 0 Å². The zero-order chi connectivity index (χ0) is 16.7. The molecule has 0 aromatic heterocycles. The Balaban J connectivity index is 1.98. The highest BCUT2D eigenvalue weighted by Crippen LogP contribution is 2.19. The van der Waals surface area contributed by atoms with E-state index >= 15 is 0 Å². The summed E-state index contributed by atoms with van der Waals surface area (Å²) in [4.78, 5) is 23.2. The van der Waals surface area contributed by atoms with Crippen molar-refractivity contribution in [3.8, 4) is 17.2 Å². The number of hydrogen-bond acceptors (Lipinski definition) is 5. The third kappa shape index (κ3) is 4.85. The molecule has 0 atom stereocenters. The zero-order valence-corrected chi connectivity index (χ0v) is 13.1. The van der Waals surface area contributed by atoms with E-state index in [-0.39, 0.29) is 5.97 Å². The molecule has 23 heavy (non-hydrogen) atoms. The number of esters is 2. The van der Waals surface area contributed by atoms with Crippen LogP contribution >= 0.6 is 0 Å². The van der Waals surface area contributed by atoms with Gasteiger partial charge in [0.1, 0.15) is 17.2 Å². The lowest BCUT2D eigenvalue weighted by Crippen LogP contribution is -2.09. The lowest BCUT2D eigenvalue weighted by Gasteiger charge is -2.07. The van der Waals surface area contributed by atoms with E-state index in [0.717, 1.165) is 5.75 Å². The predicted molar refractivity (Wildman–Crippen MR) is 84.9 cm³/mol. The van der Waals surface area contributed by atoms with Gasteiger partial charge in [-0.15, -0.1) is 0 Å². The molecule has 5 nitrogen and oxygen atoms in total. The maximum absolute atomic E-state index is 12.1. The fourth-order valence-electron chi connectivity index (χ4n) is 1.80. The SMILES string of the molecule is CCOc1ccc(OC(=O)c2ccc(OC(=O)CC)cc2)cc1. The Morgan fingerprint density at radius 3 is 1.87 bits per heavy atom. The van der Waals surface area contributed by atoms with Gasteiger partial charge in [-0.1, -0.05) is 6.92 Å². The highest BCUT2D eigenvalue weighted by Gasteiger charge is 2.10. The first-order valence-corrected chi connectivity index (χ1v) is 7.38. The summed E-state index contributed by atoms with van der Waals surface area (Å²) in [6.07, 6.45) is 0.293. The molecule has 2 aromatic rings. The van der Waals surface area contributed by atoms with Crippen LogP contribution in [0.4, 0.5) is 0 Å². The third-order valence-electron chi connectivity index (χ3n) is 2.96. The van der Waals surface area contributed by atoms with Crippen molar-refractivity contribution in [2.75, 3.05) is 6.61 Å². The van der Waals surface area contributed by atoms with Gasteiger partial charge in [-0.05, 0) is 55.5 Å². The highest BCUT2D eigenvalue weighted by atomic mass is 16.5. The second kappa shape index (κ2) is 7.98. The van der Waals surface area contributed by atoms with Gasteiger partial charge in [0.2, 0.25) is 0 Å². The monoisotopic (exact) mass is 314 g/mol. The molecule has 2 aromatic carbocycles. The van der Waals surface area contributed by atoms with Crippen LogP contribution in [0.5, 0.6) is 17.2 Å². The molecule has 0 N–H and O–H groups in total. The predicted octanol–water partition coefficient (Wildman–Crippen LogP) is 3.62. The van der Waals surface area contributed by atoms with Crippen LogP contribution in [0.2, 0.25) is 0 Å². The quantitative estimate of drug-likeness (QED) is 0.602. The highest BCUT2D eigenvalue weighted by molar-refractivity contribution is 5.91. The van der Waals surface area contributed by atoms with Crippen LogP contribution in [0.3, 0.4) is 0 Å². The van der Waals surface area contributed by atoms with Gasteiger partial charge >= 0.3 is 11.9 Å². The van der Waals surface area contributed by atoms with E-state index in [2.05, 4.69) is 0 Å². The Morgan fingerprint density at radius 2 is 1.30 bits per heavy atom. The summed E-state index contributed by atoms with van der Waals surface area (Å²) < 4.78 is 15.6. The van der Waals surface area contributed by atoms with Gasteiger partial charge in [0.15, 0.2) is 0 Å². The third-order valence-corrected chi connectivity index (χ3v) is 2.96. The van der Waals surface area contributed by atoms with Crippen molar-refractivity contribution >= 4 is 11.9 Å². The van der Waals surface area contributed by atoms with Crippen molar-refractivity contribution in [1.29, 1.82) is 0 Å². The summed E-state index contributed by atoms with van der Waals surface area (Å²) in [5, 5.41) is 0. The first-order chi connectivity index (χ1) is 11.1. The molecule has 2 rings (SSSR count). The van der Waals surface area contributed by atoms with Crippen LogP contribution in [-0.2, 0) is 4.79 Å². The molecule has 0 radical (unpaired) electrons. The first kappa shape index (κ1) is 16.5. The minimum atomic E-state index is -0.484. The van der Waals surface area contributed by atoms with Gasteiger partial charge in [0, 0.05) is 6.42 Å². The molecule has 0 aliphatic carbocycles. The van der Waals surface area contributed by atoms with Crippen molar-refractivity contribution in [2.45, 2.75) is 20.3 Å². The molecule has 0 unspecified atom stereocenters. The lowest BCUT2D eigenvalue weighted by molar-refractivity contribution is -0.134. The summed E-state index contributed by atoms with van der Waals surface area (Å²) in [5.74, 6) is 0.737. The zero-order valence-electron chi connectivity index (χ0n) is 13.1. The molecule has 0 aliphatic rings. The molecule has 5 heteroatoms. The molecule has 0 saturated heterocycles. The van der Waals surface area contributed by atoms with Crippen LogP contribution in [0, 0.1) is 0 Å². The largest absolute Gasteiger partial charge is 0.494 e. The first-order valence-electron chi connectivity index (χ1n) is 7.38. The number of ether oxygens (including phenoxy) is 3. The van der Waals surface area contributed by atoms with Gasteiger partial charge in [0.05, 0.1) is 12.2 Å². The van der Waals surface area contributed by atoms with Crippen LogP contribution in [0.1, 0.15) is 30.6 Å². The smallest absolute Gasteiger partial charge is 0.343 e. The molecular formula is C18H18O5. The number of carbonyl (C=O) groups is 2. The van der Waals surface area contributed by atoms with Gasteiger partial charge < -0.3 is 14.2 Å². The Morgan fingerprint density at radius 1 is 0.783 bits per heavy atom. The standard InChI is InChI=1S/C18H18O5/c1-3-17(19)22-15-7-5-13(6-8-15)18(20)23-16-11-9-14(10-12-16)21-4-2/h5-12H,3-4H2,1-2H3. The maximum atomic E-state index is 12.1. The van der Waals surface area contributed by atoms with Gasteiger partial charge in [-0.25, -0.2) is 4.79 Å². The molecule has 0 spiro atoms. The van der Waals surface area contributed by atoms with Crippen molar-refractivity contribution < 1.29 is 23.8 Å². The fraction of sp³-hybridized carbons (Fsp3) is 0.222. The van der Waals surface area contributed by atoms with E-state index in [1.807, 2.05) is 6.92 Å². The van der Waals surface area contributed by atoms with Crippen molar-refractivity contribution in [3.05, 3.63) is 54.1 Å². The number of carbonyl (C=O) groups excluding carboxylic acids is 2. The lowest BCUT2D eigenvalue weighted by atomic mass is 10.2. The molecular weight excluding hydrogens is 296 g/mol. The van der Waals surface area contributed by atoms with Crippen LogP contribution in [-0.4, -0.2) is 18.5 Å². The maximum Gasteiger partial charge on any atom is 0.343 e. The minimum absolute atomic E-state index is 0.293. The molecule has 0 heterocycles. The molecule has 120 valence electrons. The Kier molecular flexibility index (Phi) is 5.74. The molecule has 0 aliphatic heterocycles. The summed E-state index contributed by atoms with van der Waals surface area (Å²) in [6, 6.07) is 13.0. The van der Waals surface area contributed by atoms with E-state index in [1.54, 1.807) is 55.5 Å². The summed E-state index contributed by atoms with van der Waals surface area (Å²) in [6.45, 7) is 4.19. The topological polar surface area (TPSA) is 61.8 Å². The summed E-state index contributed by atoms with van der Waals surface area (Å²) in [7, 11) is 0. The average molecular weight is 314 g/mol. The summed E-state index contributed by atoms with van der Waals surface area (Å²) >= 11 is 0. The second-order valence-electron chi connectivity index (χ2n) is 4.65. The fourth-order valence-corrected chi connectivity index (χ4v) is 1.80. The van der Waals surface area contributed by atoms with E-state index in [9.17, 15) is 9.59 Å². The summed E-state index contributed by atoms with van der Waals surface area (Å²) in [5.41, 5.74) is 0.371. The Bertz CT molecular complexity index is 659. The second-order valence-corrected chi connectivity index (χ2v) is 4.65. The van der Waals surface area contributed by atoms with Crippen LogP contribution in [0.15, 0.2) is 48.5 Å². The Hall–Kier alpha value is -2.82. The number of hydrogen-bond donors (Lipinski definition) is 0. The average Bonchev–Trinajstić information content (AvgIpc) is 2.57. The van der Waals surface area contributed by atoms with Gasteiger partial charge in [-0.2, -0.15) is 0 Å². The number of benzene rings is 2. The van der Waals surface area contributed by atoms with E-state index in [0.29, 0.717) is 30.1 Å². The van der Waals surface area contributed by atoms with Gasteiger partial charge in [-0.3, -0.25) is 4.79 Å². The van der Waals surface area contributed by atoms with Crippen molar-refractivity contribution in [3.63, 3.8) is 0 Å². The molecule has 0 fully saturated rings. The van der Waals surface area contributed by atoms with Crippen LogP contribution in [0.25, 0.3) is 0 Å². The molecule has 0 amide bonds. The number of rotatable bonds is 6. The minimum Gasteiger partial charge on any atom is -0.494 e. The normalized spacial score (nSPS) is 10.0. The van der Waals surface area contributed by atoms with E-state index < -0.39 is 5.97 Å². The van der Waals surface area contributed by atoms with E-state index in [1.165, 1.54) is 0 Å².